The first kappa shape index (κ1) is 11.2. The Balaban J connectivity index is 2.54. The molecule has 1 aliphatic rings. The molecule has 0 bridgehead atoms. The molecular formula is C10H18N2O2. The van der Waals surface area contributed by atoms with Crippen LogP contribution in [0, 0.1) is 5.92 Å². The molecule has 4 nitrogen and oxygen atoms in total. The summed E-state index contributed by atoms with van der Waals surface area (Å²) in [4.78, 5) is 24.4. The Hall–Kier alpha value is -0.900. The smallest absolute Gasteiger partial charge is 0.246 e. The summed E-state index contributed by atoms with van der Waals surface area (Å²) >= 11 is 0. The van der Waals surface area contributed by atoms with Crippen LogP contribution in [0.1, 0.15) is 27.2 Å². The van der Waals surface area contributed by atoms with Gasteiger partial charge in [0, 0.05) is 6.54 Å². The number of rotatable bonds is 3. The molecule has 80 valence electrons. The van der Waals surface area contributed by atoms with Crippen molar-refractivity contribution < 1.29 is 9.59 Å². The van der Waals surface area contributed by atoms with Crippen molar-refractivity contribution in [2.24, 2.45) is 5.92 Å². The van der Waals surface area contributed by atoms with Crippen molar-refractivity contribution in [2.75, 3.05) is 13.1 Å². The van der Waals surface area contributed by atoms with Crippen LogP contribution in [0.15, 0.2) is 0 Å². The highest BCUT2D eigenvalue weighted by molar-refractivity contribution is 6.00. The van der Waals surface area contributed by atoms with Crippen LogP contribution in [0.3, 0.4) is 0 Å². The van der Waals surface area contributed by atoms with Gasteiger partial charge in [0.1, 0.15) is 0 Å². The first-order chi connectivity index (χ1) is 6.52. The summed E-state index contributed by atoms with van der Waals surface area (Å²) in [7, 11) is 0. The van der Waals surface area contributed by atoms with E-state index in [1.807, 2.05) is 0 Å². The number of carbonyl (C=O) groups is 2. The molecule has 1 fully saturated rings. The Morgan fingerprint density at radius 2 is 2.14 bits per heavy atom. The molecule has 1 unspecified atom stereocenters. The SMILES string of the molecule is CC(C)CCN1C(=O)CNC(C)C1=O. The number of hydrogen-bond acceptors (Lipinski definition) is 3. The van der Waals surface area contributed by atoms with Crippen LogP contribution < -0.4 is 5.32 Å². The molecule has 0 aromatic rings. The maximum absolute atomic E-state index is 11.6. The zero-order valence-corrected chi connectivity index (χ0v) is 9.04. The number of imide groups is 1. The van der Waals surface area contributed by atoms with Crippen LogP contribution in [-0.2, 0) is 9.59 Å². The Morgan fingerprint density at radius 3 is 2.71 bits per heavy atom. The molecule has 2 amide bonds. The normalized spacial score (nSPS) is 23.4. The fourth-order valence-electron chi connectivity index (χ4n) is 1.40. The fraction of sp³-hybridized carbons (Fsp3) is 0.800. The van der Waals surface area contributed by atoms with Gasteiger partial charge < -0.3 is 0 Å². The van der Waals surface area contributed by atoms with E-state index in [0.717, 1.165) is 6.42 Å². The predicted octanol–water partition coefficient (Wildman–Crippen LogP) is 0.379. The van der Waals surface area contributed by atoms with E-state index in [9.17, 15) is 9.59 Å². The average Bonchev–Trinajstić information content (AvgIpc) is 2.11. The van der Waals surface area contributed by atoms with E-state index in [-0.39, 0.29) is 24.4 Å². The molecule has 0 radical (unpaired) electrons. The van der Waals surface area contributed by atoms with E-state index < -0.39 is 0 Å². The summed E-state index contributed by atoms with van der Waals surface area (Å²) in [5, 5.41) is 2.86. The second-order valence-electron chi connectivity index (χ2n) is 4.17. The maximum Gasteiger partial charge on any atom is 0.246 e. The summed E-state index contributed by atoms with van der Waals surface area (Å²) in [6, 6.07) is -0.222. The van der Waals surface area contributed by atoms with Gasteiger partial charge in [-0.25, -0.2) is 0 Å². The minimum atomic E-state index is -0.222. The van der Waals surface area contributed by atoms with Gasteiger partial charge in [0.2, 0.25) is 11.8 Å². The monoisotopic (exact) mass is 198 g/mol. The number of amides is 2. The summed E-state index contributed by atoms with van der Waals surface area (Å²) in [5.41, 5.74) is 0. The Labute approximate surface area is 84.7 Å². The number of piperazine rings is 1. The lowest BCUT2D eigenvalue weighted by molar-refractivity contribution is -0.149. The molecule has 1 rings (SSSR count). The molecule has 1 heterocycles. The molecule has 0 aromatic heterocycles. The highest BCUT2D eigenvalue weighted by Crippen LogP contribution is 2.07. The molecule has 0 spiro atoms. The molecule has 1 N–H and O–H groups in total. The summed E-state index contributed by atoms with van der Waals surface area (Å²) < 4.78 is 0. The van der Waals surface area contributed by atoms with Crippen molar-refractivity contribution in [2.45, 2.75) is 33.2 Å². The van der Waals surface area contributed by atoms with E-state index in [0.29, 0.717) is 12.5 Å². The van der Waals surface area contributed by atoms with Crippen molar-refractivity contribution in [1.29, 1.82) is 0 Å². The molecule has 1 saturated heterocycles. The number of hydrogen-bond donors (Lipinski definition) is 1. The molecule has 4 heteroatoms. The number of carbonyl (C=O) groups excluding carboxylic acids is 2. The van der Waals surface area contributed by atoms with E-state index in [1.165, 1.54) is 4.90 Å². The summed E-state index contributed by atoms with van der Waals surface area (Å²) in [6.45, 7) is 6.80. The molecule has 0 aromatic carbocycles. The van der Waals surface area contributed by atoms with Gasteiger partial charge in [-0.3, -0.25) is 19.8 Å². The lowest BCUT2D eigenvalue weighted by atomic mass is 10.1. The van der Waals surface area contributed by atoms with Gasteiger partial charge in [0.25, 0.3) is 0 Å². The van der Waals surface area contributed by atoms with Gasteiger partial charge in [0.05, 0.1) is 12.6 Å². The Kier molecular flexibility index (Phi) is 3.63. The highest BCUT2D eigenvalue weighted by Gasteiger charge is 2.30. The number of nitrogens with one attached hydrogen (secondary N) is 1. The minimum absolute atomic E-state index is 0.0955. The van der Waals surface area contributed by atoms with Crippen LogP contribution in [-0.4, -0.2) is 35.8 Å². The Morgan fingerprint density at radius 1 is 1.50 bits per heavy atom. The van der Waals surface area contributed by atoms with Gasteiger partial charge >= 0.3 is 0 Å². The first-order valence-corrected chi connectivity index (χ1v) is 5.10. The second kappa shape index (κ2) is 4.55. The predicted molar refractivity (Wildman–Crippen MR) is 53.6 cm³/mol. The third-order valence-electron chi connectivity index (χ3n) is 2.43. The van der Waals surface area contributed by atoms with Crippen LogP contribution in [0.4, 0.5) is 0 Å². The van der Waals surface area contributed by atoms with E-state index >= 15 is 0 Å². The van der Waals surface area contributed by atoms with Gasteiger partial charge in [-0.15, -0.1) is 0 Å². The fourth-order valence-corrected chi connectivity index (χ4v) is 1.40. The van der Waals surface area contributed by atoms with Crippen LogP contribution in [0.25, 0.3) is 0 Å². The average molecular weight is 198 g/mol. The van der Waals surface area contributed by atoms with Gasteiger partial charge in [-0.2, -0.15) is 0 Å². The van der Waals surface area contributed by atoms with E-state index in [1.54, 1.807) is 6.92 Å². The third-order valence-corrected chi connectivity index (χ3v) is 2.43. The van der Waals surface area contributed by atoms with Gasteiger partial charge in [-0.1, -0.05) is 13.8 Å². The Bertz CT molecular complexity index is 238. The van der Waals surface area contributed by atoms with Crippen molar-refractivity contribution in [3.8, 4) is 0 Å². The zero-order chi connectivity index (χ0) is 10.7. The molecule has 0 aliphatic carbocycles. The van der Waals surface area contributed by atoms with E-state index in [2.05, 4.69) is 19.2 Å². The molecule has 1 atom stereocenters. The third kappa shape index (κ3) is 2.54. The molecule has 1 aliphatic heterocycles. The first-order valence-electron chi connectivity index (χ1n) is 5.10. The lowest BCUT2D eigenvalue weighted by Gasteiger charge is -2.30. The molecular weight excluding hydrogens is 180 g/mol. The van der Waals surface area contributed by atoms with E-state index in [4.69, 9.17) is 0 Å². The topological polar surface area (TPSA) is 49.4 Å². The standard InChI is InChI=1S/C10H18N2O2/c1-7(2)4-5-12-9(13)6-11-8(3)10(12)14/h7-8,11H,4-6H2,1-3H3. The second-order valence-corrected chi connectivity index (χ2v) is 4.17. The summed E-state index contributed by atoms with van der Waals surface area (Å²) in [5.74, 6) is 0.316. The van der Waals surface area contributed by atoms with Gasteiger partial charge in [0.15, 0.2) is 0 Å². The van der Waals surface area contributed by atoms with Crippen LogP contribution in [0.5, 0.6) is 0 Å². The lowest BCUT2D eigenvalue weighted by Crippen LogP contribution is -2.57. The van der Waals surface area contributed by atoms with Gasteiger partial charge in [-0.05, 0) is 19.3 Å². The maximum atomic E-state index is 11.6. The minimum Gasteiger partial charge on any atom is -0.298 e. The largest absolute Gasteiger partial charge is 0.298 e. The number of nitrogens with zero attached hydrogens (tertiary/aromatic N) is 1. The highest BCUT2D eigenvalue weighted by atomic mass is 16.2. The van der Waals surface area contributed by atoms with Crippen molar-refractivity contribution >= 4 is 11.8 Å². The molecule has 14 heavy (non-hydrogen) atoms. The van der Waals surface area contributed by atoms with Crippen molar-refractivity contribution in [1.82, 2.24) is 10.2 Å². The van der Waals surface area contributed by atoms with Crippen LogP contribution >= 0.6 is 0 Å². The van der Waals surface area contributed by atoms with Crippen LogP contribution in [0.2, 0.25) is 0 Å². The summed E-state index contributed by atoms with van der Waals surface area (Å²) in [6.07, 6.45) is 0.879. The molecule has 0 saturated carbocycles. The zero-order valence-electron chi connectivity index (χ0n) is 9.04. The van der Waals surface area contributed by atoms with Crippen molar-refractivity contribution in [3.05, 3.63) is 0 Å². The quantitative estimate of drug-likeness (QED) is 0.667. The van der Waals surface area contributed by atoms with Crippen molar-refractivity contribution in [3.63, 3.8) is 0 Å².